The number of nitrogens with two attached hydrogens (primary N) is 1. The van der Waals surface area contributed by atoms with E-state index in [2.05, 4.69) is 18.7 Å². The van der Waals surface area contributed by atoms with Crippen molar-refractivity contribution in [2.24, 2.45) is 5.92 Å². The Kier molecular flexibility index (Phi) is 4.94. The summed E-state index contributed by atoms with van der Waals surface area (Å²) in [7, 11) is 2.04. The van der Waals surface area contributed by atoms with Crippen LogP contribution in [0.5, 0.6) is 0 Å². The highest BCUT2D eigenvalue weighted by molar-refractivity contribution is 6.33. The lowest BCUT2D eigenvalue weighted by Gasteiger charge is -2.22. The molecule has 90 valence electrons. The number of hydrogen-bond donors (Lipinski definition) is 1. The van der Waals surface area contributed by atoms with Crippen LogP contribution in [0.15, 0.2) is 18.2 Å². The summed E-state index contributed by atoms with van der Waals surface area (Å²) in [5, 5.41) is 0.729. The Morgan fingerprint density at radius 2 is 2.06 bits per heavy atom. The van der Waals surface area contributed by atoms with Gasteiger partial charge in [0.1, 0.15) is 0 Å². The Bertz CT molecular complexity index is 316. The van der Waals surface area contributed by atoms with Gasteiger partial charge in [0.25, 0.3) is 0 Å². The first-order chi connectivity index (χ1) is 7.52. The third kappa shape index (κ3) is 3.60. The molecule has 0 amide bonds. The summed E-state index contributed by atoms with van der Waals surface area (Å²) >= 11 is 6.14. The van der Waals surface area contributed by atoms with Gasteiger partial charge in [0.2, 0.25) is 0 Å². The highest BCUT2D eigenvalue weighted by Crippen LogP contribution is 2.31. The average molecular weight is 241 g/mol. The second kappa shape index (κ2) is 6.00. The van der Waals surface area contributed by atoms with Crippen molar-refractivity contribution in [2.75, 3.05) is 24.2 Å². The molecule has 0 aliphatic carbocycles. The maximum atomic E-state index is 6.14. The van der Waals surface area contributed by atoms with Crippen molar-refractivity contribution in [1.82, 2.24) is 0 Å². The van der Waals surface area contributed by atoms with Gasteiger partial charge in [-0.2, -0.15) is 0 Å². The van der Waals surface area contributed by atoms with E-state index < -0.39 is 0 Å². The van der Waals surface area contributed by atoms with Crippen molar-refractivity contribution >= 4 is 23.0 Å². The molecule has 0 atom stereocenters. The fourth-order valence-electron chi connectivity index (χ4n) is 1.78. The van der Waals surface area contributed by atoms with Gasteiger partial charge in [-0.15, -0.1) is 0 Å². The van der Waals surface area contributed by atoms with Crippen LogP contribution in [0, 0.1) is 5.92 Å². The number of rotatable bonds is 5. The Labute approximate surface area is 103 Å². The van der Waals surface area contributed by atoms with Crippen LogP contribution in [-0.2, 0) is 0 Å². The number of hydrogen-bond acceptors (Lipinski definition) is 2. The average Bonchev–Trinajstić information content (AvgIpc) is 2.16. The molecular weight excluding hydrogens is 220 g/mol. The Morgan fingerprint density at radius 3 is 2.62 bits per heavy atom. The summed E-state index contributed by atoms with van der Waals surface area (Å²) in [4.78, 5) is 2.14. The summed E-state index contributed by atoms with van der Waals surface area (Å²) < 4.78 is 0. The van der Waals surface area contributed by atoms with Gasteiger partial charge in [-0.25, -0.2) is 0 Å². The molecule has 1 aromatic carbocycles. The molecular formula is C13H21ClN2. The summed E-state index contributed by atoms with van der Waals surface area (Å²) in [6.07, 6.45) is 2.40. The van der Waals surface area contributed by atoms with E-state index in [0.717, 1.165) is 28.9 Å². The van der Waals surface area contributed by atoms with Gasteiger partial charge in [-0.3, -0.25) is 0 Å². The topological polar surface area (TPSA) is 29.3 Å². The van der Waals surface area contributed by atoms with Gasteiger partial charge in [-0.1, -0.05) is 31.5 Å². The van der Waals surface area contributed by atoms with Crippen molar-refractivity contribution in [3.63, 3.8) is 0 Å². The van der Waals surface area contributed by atoms with Crippen molar-refractivity contribution in [1.29, 1.82) is 0 Å². The van der Waals surface area contributed by atoms with Crippen molar-refractivity contribution < 1.29 is 0 Å². The molecule has 0 aromatic heterocycles. The molecule has 0 unspecified atom stereocenters. The van der Waals surface area contributed by atoms with Crippen LogP contribution in [0.2, 0.25) is 5.02 Å². The van der Waals surface area contributed by atoms with Crippen LogP contribution < -0.4 is 10.6 Å². The van der Waals surface area contributed by atoms with Crippen LogP contribution in [0.1, 0.15) is 26.7 Å². The first-order valence-corrected chi connectivity index (χ1v) is 6.15. The van der Waals surface area contributed by atoms with E-state index in [0.29, 0.717) is 0 Å². The Balaban J connectivity index is 2.62. The molecule has 0 heterocycles. The number of nitrogen functional groups attached to an aromatic ring is 1. The zero-order valence-corrected chi connectivity index (χ0v) is 11.1. The van der Waals surface area contributed by atoms with Gasteiger partial charge in [0.15, 0.2) is 0 Å². The van der Waals surface area contributed by atoms with E-state index in [1.54, 1.807) is 0 Å². The molecule has 2 nitrogen and oxygen atoms in total. The standard InChI is InChI=1S/C13H21ClN2/c1-10(2)6-5-9-16(3)13-11(14)7-4-8-12(13)15/h4,7-8,10H,5-6,9,15H2,1-3H3. The summed E-state index contributed by atoms with van der Waals surface area (Å²) in [5.41, 5.74) is 7.63. The maximum absolute atomic E-state index is 6.14. The number of anilines is 2. The molecule has 0 bridgehead atoms. The minimum atomic E-state index is 0.729. The first kappa shape index (κ1) is 13.2. The lowest BCUT2D eigenvalue weighted by Crippen LogP contribution is -2.20. The number of benzene rings is 1. The fraction of sp³-hybridized carbons (Fsp3) is 0.538. The molecule has 16 heavy (non-hydrogen) atoms. The van der Waals surface area contributed by atoms with Crippen molar-refractivity contribution in [3.8, 4) is 0 Å². The Morgan fingerprint density at radius 1 is 1.38 bits per heavy atom. The fourth-order valence-corrected chi connectivity index (χ4v) is 2.11. The second-order valence-corrected chi connectivity index (χ2v) is 5.04. The molecule has 0 spiro atoms. The molecule has 3 heteroatoms. The zero-order valence-electron chi connectivity index (χ0n) is 10.3. The predicted octanol–water partition coefficient (Wildman–Crippen LogP) is 3.79. The monoisotopic (exact) mass is 240 g/mol. The minimum absolute atomic E-state index is 0.729. The Hall–Kier alpha value is -0.890. The quantitative estimate of drug-likeness (QED) is 0.794. The highest BCUT2D eigenvalue weighted by atomic mass is 35.5. The lowest BCUT2D eigenvalue weighted by atomic mass is 10.1. The van der Waals surface area contributed by atoms with Gasteiger partial charge in [-0.05, 0) is 30.9 Å². The number of nitrogens with zero attached hydrogens (tertiary/aromatic N) is 1. The van der Waals surface area contributed by atoms with Gasteiger partial charge in [0.05, 0.1) is 16.4 Å². The van der Waals surface area contributed by atoms with Crippen LogP contribution in [-0.4, -0.2) is 13.6 Å². The van der Waals surface area contributed by atoms with E-state index in [9.17, 15) is 0 Å². The smallest absolute Gasteiger partial charge is 0.0786 e. The molecule has 0 saturated heterocycles. The van der Waals surface area contributed by atoms with Crippen molar-refractivity contribution in [3.05, 3.63) is 23.2 Å². The second-order valence-electron chi connectivity index (χ2n) is 4.64. The SMILES string of the molecule is CC(C)CCCN(C)c1c(N)cccc1Cl. The molecule has 0 aliphatic heterocycles. The molecule has 0 fully saturated rings. The summed E-state index contributed by atoms with van der Waals surface area (Å²) in [6, 6.07) is 5.65. The largest absolute Gasteiger partial charge is 0.397 e. The maximum Gasteiger partial charge on any atom is 0.0786 e. The summed E-state index contributed by atoms with van der Waals surface area (Å²) in [6.45, 7) is 5.47. The number of halogens is 1. The molecule has 1 aromatic rings. The van der Waals surface area contributed by atoms with E-state index in [4.69, 9.17) is 17.3 Å². The highest BCUT2D eigenvalue weighted by Gasteiger charge is 2.09. The van der Waals surface area contributed by atoms with Crippen molar-refractivity contribution in [2.45, 2.75) is 26.7 Å². The van der Waals surface area contributed by atoms with Gasteiger partial charge < -0.3 is 10.6 Å². The van der Waals surface area contributed by atoms with Crippen LogP contribution in [0.4, 0.5) is 11.4 Å². The molecule has 0 saturated carbocycles. The van der Waals surface area contributed by atoms with E-state index >= 15 is 0 Å². The van der Waals surface area contributed by atoms with E-state index in [1.807, 2.05) is 25.2 Å². The lowest BCUT2D eigenvalue weighted by molar-refractivity contribution is 0.556. The first-order valence-electron chi connectivity index (χ1n) is 5.77. The number of para-hydroxylation sites is 1. The molecule has 1 rings (SSSR count). The molecule has 2 N–H and O–H groups in total. The normalized spacial score (nSPS) is 10.8. The third-order valence-corrected chi connectivity index (χ3v) is 2.98. The van der Waals surface area contributed by atoms with Crippen LogP contribution >= 0.6 is 11.6 Å². The van der Waals surface area contributed by atoms with E-state index in [1.165, 1.54) is 12.8 Å². The van der Waals surface area contributed by atoms with E-state index in [-0.39, 0.29) is 0 Å². The minimum Gasteiger partial charge on any atom is -0.397 e. The predicted molar refractivity (Wildman–Crippen MR) is 73.2 cm³/mol. The van der Waals surface area contributed by atoms with Gasteiger partial charge in [0, 0.05) is 13.6 Å². The summed E-state index contributed by atoms with van der Waals surface area (Å²) in [5.74, 6) is 0.747. The molecule has 0 aliphatic rings. The zero-order chi connectivity index (χ0) is 12.1. The van der Waals surface area contributed by atoms with Crippen LogP contribution in [0.3, 0.4) is 0 Å². The third-order valence-electron chi connectivity index (χ3n) is 2.67. The van der Waals surface area contributed by atoms with Gasteiger partial charge >= 0.3 is 0 Å². The van der Waals surface area contributed by atoms with Crippen LogP contribution in [0.25, 0.3) is 0 Å². The molecule has 0 radical (unpaired) electrons.